The van der Waals surface area contributed by atoms with Gasteiger partial charge >= 0.3 is 0 Å². The van der Waals surface area contributed by atoms with Crippen LogP contribution in [0.3, 0.4) is 0 Å². The van der Waals surface area contributed by atoms with Crippen LogP contribution in [0, 0.1) is 0 Å². The third-order valence-electron chi connectivity index (χ3n) is 2.98. The summed E-state index contributed by atoms with van der Waals surface area (Å²) in [4.78, 5) is 0. The van der Waals surface area contributed by atoms with E-state index in [1.54, 1.807) is 0 Å². The minimum Gasteiger partial charge on any atom is -0.302 e. The standard InChI is InChI=1S/C13H21N3S/c1-3-5-6-10-17-13-15-14-12(11-7-8-11)16(13)9-4-2/h4,11H,2-3,5-10H2,1H3. The van der Waals surface area contributed by atoms with Crippen LogP contribution in [0.5, 0.6) is 0 Å². The maximum atomic E-state index is 4.34. The van der Waals surface area contributed by atoms with Crippen LogP contribution in [0.15, 0.2) is 17.8 Å². The number of thioether (sulfide) groups is 1. The largest absolute Gasteiger partial charge is 0.302 e. The monoisotopic (exact) mass is 251 g/mol. The predicted molar refractivity (Wildman–Crippen MR) is 72.4 cm³/mol. The first kappa shape index (κ1) is 12.7. The zero-order chi connectivity index (χ0) is 12.1. The maximum absolute atomic E-state index is 4.34. The fourth-order valence-corrected chi connectivity index (χ4v) is 2.82. The number of rotatable bonds is 8. The number of unbranched alkanes of at least 4 members (excludes halogenated alkanes) is 2. The first-order chi connectivity index (χ1) is 8.36. The zero-order valence-corrected chi connectivity index (χ0v) is 11.4. The summed E-state index contributed by atoms with van der Waals surface area (Å²) in [5.41, 5.74) is 0. The van der Waals surface area contributed by atoms with E-state index in [1.165, 1.54) is 37.9 Å². The Morgan fingerprint density at radius 3 is 2.88 bits per heavy atom. The molecule has 1 aromatic rings. The van der Waals surface area contributed by atoms with Gasteiger partial charge in [-0.2, -0.15) is 0 Å². The second-order valence-corrected chi connectivity index (χ2v) is 5.63. The normalized spacial score (nSPS) is 15.1. The molecule has 1 aliphatic rings. The highest BCUT2D eigenvalue weighted by Gasteiger charge is 2.29. The molecule has 1 fully saturated rings. The fraction of sp³-hybridized carbons (Fsp3) is 0.692. The molecule has 0 radical (unpaired) electrons. The first-order valence-corrected chi connectivity index (χ1v) is 7.52. The van der Waals surface area contributed by atoms with Gasteiger partial charge in [-0.05, 0) is 19.3 Å². The van der Waals surface area contributed by atoms with Gasteiger partial charge in [0.15, 0.2) is 5.16 Å². The van der Waals surface area contributed by atoms with Crippen LogP contribution in [-0.4, -0.2) is 20.5 Å². The molecule has 3 nitrogen and oxygen atoms in total. The molecule has 0 amide bonds. The highest BCUT2D eigenvalue weighted by atomic mass is 32.2. The summed E-state index contributed by atoms with van der Waals surface area (Å²) >= 11 is 1.83. The molecule has 0 spiro atoms. The van der Waals surface area contributed by atoms with Crippen molar-refractivity contribution < 1.29 is 0 Å². The summed E-state index contributed by atoms with van der Waals surface area (Å²) in [5.74, 6) is 2.98. The van der Waals surface area contributed by atoms with Crippen molar-refractivity contribution in [2.45, 2.75) is 56.6 Å². The van der Waals surface area contributed by atoms with Crippen molar-refractivity contribution in [3.8, 4) is 0 Å². The van der Waals surface area contributed by atoms with Crippen molar-refractivity contribution in [3.05, 3.63) is 18.5 Å². The summed E-state index contributed by atoms with van der Waals surface area (Å²) in [6.45, 7) is 6.90. The topological polar surface area (TPSA) is 30.7 Å². The lowest BCUT2D eigenvalue weighted by molar-refractivity contribution is 0.680. The molecule has 1 aromatic heterocycles. The third-order valence-corrected chi connectivity index (χ3v) is 4.03. The summed E-state index contributed by atoms with van der Waals surface area (Å²) in [5, 5.41) is 9.73. The Bertz CT molecular complexity index is 369. The van der Waals surface area contributed by atoms with Crippen LogP contribution in [0.25, 0.3) is 0 Å². The van der Waals surface area contributed by atoms with E-state index in [9.17, 15) is 0 Å². The fourth-order valence-electron chi connectivity index (χ4n) is 1.87. The van der Waals surface area contributed by atoms with Crippen LogP contribution in [0.2, 0.25) is 0 Å². The molecular formula is C13H21N3S. The molecule has 2 rings (SSSR count). The molecular weight excluding hydrogens is 230 g/mol. The van der Waals surface area contributed by atoms with E-state index in [0.717, 1.165) is 17.5 Å². The highest BCUT2D eigenvalue weighted by molar-refractivity contribution is 7.99. The molecule has 0 aromatic carbocycles. The van der Waals surface area contributed by atoms with Crippen molar-refractivity contribution in [1.29, 1.82) is 0 Å². The van der Waals surface area contributed by atoms with Crippen LogP contribution in [0.1, 0.15) is 50.8 Å². The maximum Gasteiger partial charge on any atom is 0.191 e. The SMILES string of the molecule is C=CCn1c(SCCCCC)nnc1C1CC1. The van der Waals surface area contributed by atoms with Crippen LogP contribution >= 0.6 is 11.8 Å². The number of aromatic nitrogens is 3. The second kappa shape index (κ2) is 6.24. The molecule has 1 heterocycles. The minimum atomic E-state index is 0.660. The lowest BCUT2D eigenvalue weighted by atomic mass is 10.3. The van der Waals surface area contributed by atoms with Crippen molar-refractivity contribution in [2.24, 2.45) is 0 Å². The van der Waals surface area contributed by atoms with Crippen LogP contribution in [0.4, 0.5) is 0 Å². The zero-order valence-electron chi connectivity index (χ0n) is 10.6. The second-order valence-electron chi connectivity index (χ2n) is 4.57. The van der Waals surface area contributed by atoms with Crippen molar-refractivity contribution >= 4 is 11.8 Å². The van der Waals surface area contributed by atoms with Gasteiger partial charge in [-0.1, -0.05) is 37.6 Å². The Labute approximate surface area is 108 Å². The molecule has 4 heteroatoms. The average molecular weight is 251 g/mol. The number of allylic oxidation sites excluding steroid dienone is 1. The minimum absolute atomic E-state index is 0.660. The summed E-state index contributed by atoms with van der Waals surface area (Å²) in [6.07, 6.45) is 8.32. The highest BCUT2D eigenvalue weighted by Crippen LogP contribution is 2.40. The Balaban J connectivity index is 1.97. The molecule has 1 aliphatic carbocycles. The number of hydrogen-bond acceptors (Lipinski definition) is 3. The van der Waals surface area contributed by atoms with Gasteiger partial charge in [-0.3, -0.25) is 0 Å². The lowest BCUT2D eigenvalue weighted by Crippen LogP contribution is -2.02. The Hall–Kier alpha value is -0.770. The van der Waals surface area contributed by atoms with E-state index in [2.05, 4.69) is 28.3 Å². The van der Waals surface area contributed by atoms with E-state index in [-0.39, 0.29) is 0 Å². The van der Waals surface area contributed by atoms with Crippen molar-refractivity contribution in [2.75, 3.05) is 5.75 Å². The van der Waals surface area contributed by atoms with Gasteiger partial charge in [0.1, 0.15) is 5.82 Å². The predicted octanol–water partition coefficient (Wildman–Crippen LogP) is 3.62. The van der Waals surface area contributed by atoms with E-state index in [4.69, 9.17) is 0 Å². The molecule has 0 unspecified atom stereocenters. The number of hydrogen-bond donors (Lipinski definition) is 0. The van der Waals surface area contributed by atoms with E-state index >= 15 is 0 Å². The van der Waals surface area contributed by atoms with Gasteiger partial charge in [0, 0.05) is 18.2 Å². The Morgan fingerprint density at radius 2 is 2.24 bits per heavy atom. The van der Waals surface area contributed by atoms with Gasteiger partial charge < -0.3 is 4.57 Å². The van der Waals surface area contributed by atoms with Crippen LogP contribution in [-0.2, 0) is 6.54 Å². The first-order valence-electron chi connectivity index (χ1n) is 6.53. The molecule has 94 valence electrons. The summed E-state index contributed by atoms with van der Waals surface area (Å²) < 4.78 is 2.24. The quantitative estimate of drug-likeness (QED) is 0.401. The van der Waals surface area contributed by atoms with Crippen molar-refractivity contribution in [3.63, 3.8) is 0 Å². The molecule has 0 bridgehead atoms. The van der Waals surface area contributed by atoms with Crippen molar-refractivity contribution in [1.82, 2.24) is 14.8 Å². The third kappa shape index (κ3) is 3.35. The van der Waals surface area contributed by atoms with E-state index in [0.29, 0.717) is 5.92 Å². The lowest BCUT2D eigenvalue weighted by Gasteiger charge is -2.06. The molecule has 1 saturated carbocycles. The average Bonchev–Trinajstić information content (AvgIpc) is 3.10. The molecule has 17 heavy (non-hydrogen) atoms. The summed E-state index contributed by atoms with van der Waals surface area (Å²) in [7, 11) is 0. The van der Waals surface area contributed by atoms with Gasteiger partial charge in [0.25, 0.3) is 0 Å². The number of nitrogens with zero attached hydrogens (tertiary/aromatic N) is 3. The van der Waals surface area contributed by atoms with Gasteiger partial charge in [-0.15, -0.1) is 16.8 Å². The Kier molecular flexibility index (Phi) is 4.66. The summed E-state index contributed by atoms with van der Waals surface area (Å²) in [6, 6.07) is 0. The van der Waals surface area contributed by atoms with Gasteiger partial charge in [-0.25, -0.2) is 0 Å². The van der Waals surface area contributed by atoms with E-state index < -0.39 is 0 Å². The molecule has 0 aliphatic heterocycles. The Morgan fingerprint density at radius 1 is 1.41 bits per heavy atom. The molecule has 0 atom stereocenters. The smallest absolute Gasteiger partial charge is 0.191 e. The van der Waals surface area contributed by atoms with E-state index in [1.807, 2.05) is 17.8 Å². The van der Waals surface area contributed by atoms with Gasteiger partial charge in [0.05, 0.1) is 0 Å². The van der Waals surface area contributed by atoms with Gasteiger partial charge in [0.2, 0.25) is 0 Å². The van der Waals surface area contributed by atoms with Crippen LogP contribution < -0.4 is 0 Å². The molecule has 0 N–H and O–H groups in total. The molecule has 0 saturated heterocycles.